The van der Waals surface area contributed by atoms with Crippen LogP contribution >= 0.6 is 0 Å². The monoisotopic (exact) mass is 434 g/mol. The first-order valence-corrected chi connectivity index (χ1v) is 12.8. The van der Waals surface area contributed by atoms with Crippen molar-refractivity contribution in [1.29, 1.82) is 0 Å². The molecule has 158 valence electrons. The summed E-state index contributed by atoms with van der Waals surface area (Å²) in [6, 6.07) is 4.88. The lowest BCUT2D eigenvalue weighted by atomic mass is 9.79. The molecule has 2 heterocycles. The zero-order valence-corrected chi connectivity index (χ0v) is 17.6. The smallest absolute Gasteiger partial charge is 0.243 e. The maximum Gasteiger partial charge on any atom is 0.243 e. The van der Waals surface area contributed by atoms with Crippen LogP contribution in [0, 0.1) is 11.7 Å². The van der Waals surface area contributed by atoms with Crippen LogP contribution in [0.1, 0.15) is 32.1 Å². The molecule has 0 bridgehead atoms. The van der Waals surface area contributed by atoms with E-state index in [-0.39, 0.29) is 10.5 Å². The van der Waals surface area contributed by atoms with Crippen LogP contribution in [-0.4, -0.2) is 59.2 Å². The topological polar surface area (TPSA) is 92.8 Å². The predicted molar refractivity (Wildman–Crippen MR) is 103 cm³/mol. The molecule has 2 aliphatic heterocycles. The van der Waals surface area contributed by atoms with E-state index in [1.54, 1.807) is 0 Å². The highest BCUT2D eigenvalue weighted by Gasteiger charge is 2.42. The quantitative estimate of drug-likeness (QED) is 0.736. The Balaban J connectivity index is 1.58. The van der Waals surface area contributed by atoms with Gasteiger partial charge in [-0.05, 0) is 62.3 Å². The molecule has 2 aliphatic rings. The predicted octanol–water partition coefficient (Wildman–Crippen LogP) is 1.71. The minimum absolute atomic E-state index is 0.0964. The van der Waals surface area contributed by atoms with Crippen LogP contribution in [-0.2, 0) is 24.8 Å². The van der Waals surface area contributed by atoms with Crippen molar-refractivity contribution in [2.75, 3.05) is 32.5 Å². The van der Waals surface area contributed by atoms with Crippen molar-refractivity contribution in [1.82, 2.24) is 9.03 Å². The second-order valence-corrected chi connectivity index (χ2v) is 11.5. The number of hydrogen-bond acceptors (Lipinski definition) is 5. The van der Waals surface area contributed by atoms with Crippen molar-refractivity contribution in [2.45, 2.75) is 42.6 Å². The van der Waals surface area contributed by atoms with Gasteiger partial charge >= 0.3 is 0 Å². The number of benzene rings is 1. The van der Waals surface area contributed by atoms with Crippen LogP contribution in [0.3, 0.4) is 0 Å². The third kappa shape index (κ3) is 5.29. The lowest BCUT2D eigenvalue weighted by Crippen LogP contribution is -2.50. The van der Waals surface area contributed by atoms with E-state index in [1.807, 2.05) is 0 Å². The Morgan fingerprint density at radius 3 is 2.43 bits per heavy atom. The Bertz CT molecular complexity index is 879. The average molecular weight is 435 g/mol. The molecule has 0 amide bonds. The Hall–Kier alpha value is -1.07. The Morgan fingerprint density at radius 1 is 1.18 bits per heavy atom. The van der Waals surface area contributed by atoms with Crippen LogP contribution < -0.4 is 4.72 Å². The van der Waals surface area contributed by atoms with Gasteiger partial charge in [-0.15, -0.1) is 0 Å². The van der Waals surface area contributed by atoms with Crippen LogP contribution in [0.2, 0.25) is 0 Å². The van der Waals surface area contributed by atoms with Gasteiger partial charge in [-0.1, -0.05) is 0 Å². The second-order valence-electron chi connectivity index (χ2n) is 7.70. The molecule has 1 atom stereocenters. The fraction of sp³-hybridized carbons (Fsp3) is 0.667. The number of nitrogens with zero attached hydrogens (tertiary/aromatic N) is 1. The fourth-order valence-corrected chi connectivity index (χ4v) is 5.99. The highest BCUT2D eigenvalue weighted by molar-refractivity contribution is 7.89. The van der Waals surface area contributed by atoms with Crippen molar-refractivity contribution in [3.05, 3.63) is 30.1 Å². The average Bonchev–Trinajstić information content (AvgIpc) is 2.61. The van der Waals surface area contributed by atoms with Crippen molar-refractivity contribution in [2.24, 2.45) is 5.92 Å². The Morgan fingerprint density at radius 2 is 1.82 bits per heavy atom. The highest BCUT2D eigenvalue weighted by Crippen LogP contribution is 2.39. The molecule has 0 aliphatic carbocycles. The fourth-order valence-electron chi connectivity index (χ4n) is 4.06. The minimum Gasteiger partial charge on any atom is -0.375 e. The lowest BCUT2D eigenvalue weighted by molar-refractivity contribution is -0.121. The standard InChI is InChI=1S/C18H27FN2O5S2/c1-27(22,23)20-10-6-15-7-13-26-18(14-15)8-11-21(12-9-18)28(24,25)17-4-2-16(19)3-5-17/h2-5,15,20H,6-14H2,1H3. The van der Waals surface area contributed by atoms with Gasteiger partial charge in [0.25, 0.3) is 0 Å². The van der Waals surface area contributed by atoms with E-state index in [1.165, 1.54) is 16.4 Å². The summed E-state index contributed by atoms with van der Waals surface area (Å²) >= 11 is 0. The molecule has 1 N–H and O–H groups in total. The highest BCUT2D eigenvalue weighted by atomic mass is 32.2. The van der Waals surface area contributed by atoms with E-state index in [2.05, 4.69) is 4.72 Å². The maximum atomic E-state index is 13.1. The number of halogens is 1. The van der Waals surface area contributed by atoms with Crippen molar-refractivity contribution in [3.8, 4) is 0 Å². The van der Waals surface area contributed by atoms with Crippen LogP contribution in [0.15, 0.2) is 29.2 Å². The number of sulfonamides is 2. The van der Waals surface area contributed by atoms with Crippen LogP contribution in [0.4, 0.5) is 4.39 Å². The van der Waals surface area contributed by atoms with Gasteiger partial charge in [0.2, 0.25) is 20.0 Å². The molecule has 28 heavy (non-hydrogen) atoms. The Labute approximate surface area is 166 Å². The molecular formula is C18H27FN2O5S2. The van der Waals surface area contributed by atoms with Gasteiger partial charge in [-0.25, -0.2) is 25.9 Å². The third-order valence-electron chi connectivity index (χ3n) is 5.60. The number of ether oxygens (including phenoxy) is 1. The van der Waals surface area contributed by atoms with Crippen molar-refractivity contribution in [3.63, 3.8) is 0 Å². The molecule has 10 heteroatoms. The van der Waals surface area contributed by atoms with Crippen LogP contribution in [0.25, 0.3) is 0 Å². The largest absolute Gasteiger partial charge is 0.375 e. The zero-order chi connectivity index (χ0) is 20.4. The summed E-state index contributed by atoms with van der Waals surface area (Å²) in [5.41, 5.74) is -0.344. The van der Waals surface area contributed by atoms with Gasteiger partial charge in [0, 0.05) is 26.2 Å². The molecular weight excluding hydrogens is 407 g/mol. The van der Waals surface area contributed by atoms with Gasteiger partial charge in [0.15, 0.2) is 0 Å². The molecule has 3 rings (SSSR count). The summed E-state index contributed by atoms with van der Waals surface area (Å²) in [6.45, 7) is 1.72. The summed E-state index contributed by atoms with van der Waals surface area (Å²) in [5, 5.41) is 0. The normalized spacial score (nSPS) is 23.7. The molecule has 2 fully saturated rings. The van der Waals surface area contributed by atoms with Crippen LogP contribution in [0.5, 0.6) is 0 Å². The van der Waals surface area contributed by atoms with Gasteiger partial charge in [0.1, 0.15) is 5.82 Å². The van der Waals surface area contributed by atoms with E-state index in [0.29, 0.717) is 45.0 Å². The van der Waals surface area contributed by atoms with E-state index in [0.717, 1.165) is 37.7 Å². The third-order valence-corrected chi connectivity index (χ3v) is 8.24. The van der Waals surface area contributed by atoms with Crippen molar-refractivity contribution < 1.29 is 26.0 Å². The SMILES string of the molecule is CS(=O)(=O)NCCC1CCOC2(CCN(S(=O)(=O)c3ccc(F)cc3)CC2)C1. The number of rotatable bonds is 6. The first-order chi connectivity index (χ1) is 13.1. The molecule has 0 saturated carbocycles. The number of nitrogens with one attached hydrogen (secondary N) is 1. The van der Waals surface area contributed by atoms with Gasteiger partial charge in [-0.3, -0.25) is 0 Å². The molecule has 7 nitrogen and oxygen atoms in total. The van der Waals surface area contributed by atoms with Gasteiger partial charge < -0.3 is 4.74 Å². The number of hydrogen-bond donors (Lipinski definition) is 1. The molecule has 1 aromatic rings. The minimum atomic E-state index is -3.64. The molecule has 1 spiro atoms. The summed E-state index contributed by atoms with van der Waals surface area (Å²) in [4.78, 5) is 0.0964. The lowest BCUT2D eigenvalue weighted by Gasteiger charge is -2.46. The first kappa shape index (κ1) is 21.6. The van der Waals surface area contributed by atoms with E-state index in [4.69, 9.17) is 4.74 Å². The van der Waals surface area contributed by atoms with E-state index < -0.39 is 25.9 Å². The molecule has 1 unspecified atom stereocenters. The van der Waals surface area contributed by atoms with Gasteiger partial charge in [-0.2, -0.15) is 4.31 Å². The maximum absolute atomic E-state index is 13.1. The Kier molecular flexibility index (Phi) is 6.45. The molecule has 0 radical (unpaired) electrons. The molecule has 0 aromatic heterocycles. The van der Waals surface area contributed by atoms with Crippen molar-refractivity contribution >= 4 is 20.0 Å². The zero-order valence-electron chi connectivity index (χ0n) is 15.9. The summed E-state index contributed by atoms with van der Waals surface area (Å²) < 4.78 is 71.1. The summed E-state index contributed by atoms with van der Waals surface area (Å²) in [7, 11) is -6.83. The van der Waals surface area contributed by atoms with E-state index in [9.17, 15) is 21.2 Å². The second kappa shape index (κ2) is 8.35. The molecule has 2 saturated heterocycles. The number of piperidine rings is 1. The van der Waals surface area contributed by atoms with Gasteiger partial charge in [0.05, 0.1) is 16.8 Å². The summed E-state index contributed by atoms with van der Waals surface area (Å²) in [5.74, 6) is -0.119. The molecule has 1 aromatic carbocycles. The van der Waals surface area contributed by atoms with E-state index >= 15 is 0 Å². The first-order valence-electron chi connectivity index (χ1n) is 9.44. The summed E-state index contributed by atoms with van der Waals surface area (Å²) in [6.07, 6.45) is 4.78.